The van der Waals surface area contributed by atoms with Crippen LogP contribution in [0, 0.1) is 0 Å². The molecule has 0 aliphatic rings. The van der Waals surface area contributed by atoms with E-state index in [-0.39, 0.29) is 6.54 Å². The van der Waals surface area contributed by atoms with E-state index in [4.69, 9.17) is 0 Å². The molecule has 3 N–H and O–H groups in total. The Hall–Kier alpha value is -3.36. The number of carbonyl (C=O) groups excluding carboxylic acids is 1. The van der Waals surface area contributed by atoms with E-state index >= 15 is 0 Å². The highest BCUT2D eigenvalue weighted by atomic mass is 19.4. The van der Waals surface area contributed by atoms with Crippen molar-refractivity contribution >= 4 is 22.5 Å². The molecule has 0 spiro atoms. The number of alkyl halides is 3. The number of urea groups is 1. The van der Waals surface area contributed by atoms with Crippen molar-refractivity contribution in [2.75, 3.05) is 11.9 Å². The Balaban J connectivity index is 2.17. The van der Waals surface area contributed by atoms with E-state index < -0.39 is 29.0 Å². The molecule has 0 aliphatic heterocycles. The molecule has 1 aromatic heterocycles. The standard InChI is InChI=1S/C18H15F3N4O2/c1-2-22-17(27)23-14-9-10(7-8-13(14)18(19,20)21)15-11-5-3-4-6-12(11)16(26)25-24-15/h3-9H,2H2,1H3,(H,25,26)(H2,22,23,27). The third-order valence-corrected chi connectivity index (χ3v) is 3.88. The maximum atomic E-state index is 13.3. The highest BCUT2D eigenvalue weighted by Crippen LogP contribution is 2.37. The number of rotatable bonds is 3. The first-order valence-electron chi connectivity index (χ1n) is 8.05. The van der Waals surface area contributed by atoms with Gasteiger partial charge in [0.05, 0.1) is 22.3 Å². The number of nitrogens with zero attached hydrogens (tertiary/aromatic N) is 1. The number of aromatic amines is 1. The van der Waals surface area contributed by atoms with E-state index in [2.05, 4.69) is 20.8 Å². The second kappa shape index (κ2) is 7.10. The Bertz CT molecular complexity index is 1060. The molecule has 2 amide bonds. The van der Waals surface area contributed by atoms with Gasteiger partial charge in [-0.3, -0.25) is 4.79 Å². The van der Waals surface area contributed by atoms with Gasteiger partial charge in [0.15, 0.2) is 0 Å². The average molecular weight is 376 g/mol. The molecule has 0 radical (unpaired) electrons. The lowest BCUT2D eigenvalue weighted by atomic mass is 10.0. The molecular weight excluding hydrogens is 361 g/mol. The lowest BCUT2D eigenvalue weighted by molar-refractivity contribution is -0.136. The van der Waals surface area contributed by atoms with E-state index in [0.717, 1.165) is 6.07 Å². The Morgan fingerprint density at radius 2 is 1.85 bits per heavy atom. The van der Waals surface area contributed by atoms with E-state index in [1.54, 1.807) is 31.2 Å². The van der Waals surface area contributed by atoms with Crippen LogP contribution in [0.5, 0.6) is 0 Å². The smallest absolute Gasteiger partial charge is 0.338 e. The summed E-state index contributed by atoms with van der Waals surface area (Å²) in [5.74, 6) is 0. The molecule has 3 rings (SSSR count). The number of hydrogen-bond donors (Lipinski definition) is 3. The Kier molecular flexibility index (Phi) is 4.85. The van der Waals surface area contributed by atoms with Crippen LogP contribution >= 0.6 is 0 Å². The molecule has 2 aromatic carbocycles. The zero-order valence-electron chi connectivity index (χ0n) is 14.1. The minimum atomic E-state index is -4.64. The first-order chi connectivity index (χ1) is 12.8. The van der Waals surface area contributed by atoms with Crippen molar-refractivity contribution in [3.8, 4) is 11.3 Å². The van der Waals surface area contributed by atoms with E-state index in [1.165, 1.54) is 12.1 Å². The Morgan fingerprint density at radius 1 is 1.15 bits per heavy atom. The van der Waals surface area contributed by atoms with Crippen molar-refractivity contribution in [3.05, 3.63) is 58.4 Å². The highest BCUT2D eigenvalue weighted by molar-refractivity contribution is 5.96. The summed E-state index contributed by atoms with van der Waals surface area (Å²) in [6, 6.07) is 9.18. The van der Waals surface area contributed by atoms with Crippen LogP contribution < -0.4 is 16.2 Å². The van der Waals surface area contributed by atoms with Crippen LogP contribution in [-0.4, -0.2) is 22.8 Å². The largest absolute Gasteiger partial charge is 0.418 e. The Labute approximate surface area is 151 Å². The number of benzene rings is 2. The van der Waals surface area contributed by atoms with Crippen LogP contribution in [0.1, 0.15) is 12.5 Å². The number of H-pyrrole nitrogens is 1. The third-order valence-electron chi connectivity index (χ3n) is 3.88. The van der Waals surface area contributed by atoms with Gasteiger partial charge in [0.1, 0.15) is 0 Å². The number of anilines is 1. The molecule has 0 unspecified atom stereocenters. The van der Waals surface area contributed by atoms with Crippen molar-refractivity contribution in [2.24, 2.45) is 0 Å². The molecule has 0 aliphatic carbocycles. The van der Waals surface area contributed by atoms with Crippen LogP contribution in [0.3, 0.4) is 0 Å². The summed E-state index contributed by atoms with van der Waals surface area (Å²) in [4.78, 5) is 23.6. The predicted octanol–water partition coefficient (Wildman–Crippen LogP) is 3.75. The molecule has 0 saturated carbocycles. The SMILES string of the molecule is CCNC(=O)Nc1cc(-c2n[nH]c(=O)c3ccccc23)ccc1C(F)(F)F. The van der Waals surface area contributed by atoms with E-state index in [9.17, 15) is 22.8 Å². The quantitative estimate of drug-likeness (QED) is 0.651. The maximum Gasteiger partial charge on any atom is 0.418 e. The number of aromatic nitrogens is 2. The number of fused-ring (bicyclic) bond motifs is 1. The highest BCUT2D eigenvalue weighted by Gasteiger charge is 2.34. The molecule has 140 valence electrons. The predicted molar refractivity (Wildman–Crippen MR) is 95.5 cm³/mol. The fourth-order valence-electron chi connectivity index (χ4n) is 2.70. The van der Waals surface area contributed by atoms with E-state index in [0.29, 0.717) is 22.0 Å². The molecule has 0 bridgehead atoms. The van der Waals surface area contributed by atoms with Crippen molar-refractivity contribution in [2.45, 2.75) is 13.1 Å². The summed E-state index contributed by atoms with van der Waals surface area (Å²) in [6.07, 6.45) is -4.64. The second-order valence-electron chi connectivity index (χ2n) is 5.69. The van der Waals surface area contributed by atoms with Crippen molar-refractivity contribution < 1.29 is 18.0 Å². The monoisotopic (exact) mass is 376 g/mol. The molecule has 27 heavy (non-hydrogen) atoms. The van der Waals surface area contributed by atoms with Gasteiger partial charge in [-0.1, -0.05) is 24.3 Å². The lowest BCUT2D eigenvalue weighted by Crippen LogP contribution is -2.29. The van der Waals surface area contributed by atoms with Crippen LogP contribution in [0.15, 0.2) is 47.3 Å². The number of amides is 2. The summed E-state index contributed by atoms with van der Waals surface area (Å²) >= 11 is 0. The van der Waals surface area contributed by atoms with Gasteiger partial charge in [0, 0.05) is 17.5 Å². The van der Waals surface area contributed by atoms with Gasteiger partial charge < -0.3 is 10.6 Å². The Morgan fingerprint density at radius 3 is 2.52 bits per heavy atom. The van der Waals surface area contributed by atoms with Gasteiger partial charge in [-0.2, -0.15) is 18.3 Å². The fourth-order valence-corrected chi connectivity index (χ4v) is 2.70. The summed E-state index contributed by atoms with van der Waals surface area (Å²) in [5.41, 5.74) is -1.16. The number of halogens is 3. The van der Waals surface area contributed by atoms with Crippen LogP contribution in [-0.2, 0) is 6.18 Å². The number of nitrogens with one attached hydrogen (secondary N) is 3. The first-order valence-corrected chi connectivity index (χ1v) is 8.05. The van der Waals surface area contributed by atoms with Crippen molar-refractivity contribution in [3.63, 3.8) is 0 Å². The number of carbonyl (C=O) groups is 1. The number of hydrogen-bond acceptors (Lipinski definition) is 3. The van der Waals surface area contributed by atoms with Gasteiger partial charge in [-0.15, -0.1) is 0 Å². The summed E-state index contributed by atoms with van der Waals surface area (Å²) in [5, 5.41) is 11.8. The van der Waals surface area contributed by atoms with Crippen LogP contribution in [0.25, 0.3) is 22.0 Å². The molecule has 0 saturated heterocycles. The molecule has 0 atom stereocenters. The van der Waals surface area contributed by atoms with Gasteiger partial charge in [-0.05, 0) is 25.1 Å². The van der Waals surface area contributed by atoms with Gasteiger partial charge in [0.25, 0.3) is 5.56 Å². The van der Waals surface area contributed by atoms with Gasteiger partial charge in [-0.25, -0.2) is 9.89 Å². The van der Waals surface area contributed by atoms with Gasteiger partial charge in [0.2, 0.25) is 0 Å². The second-order valence-corrected chi connectivity index (χ2v) is 5.69. The minimum Gasteiger partial charge on any atom is -0.338 e. The van der Waals surface area contributed by atoms with E-state index in [1.807, 2.05) is 0 Å². The van der Waals surface area contributed by atoms with Gasteiger partial charge >= 0.3 is 12.2 Å². The van der Waals surface area contributed by atoms with Crippen LogP contribution in [0.4, 0.5) is 23.7 Å². The lowest BCUT2D eigenvalue weighted by Gasteiger charge is -2.16. The normalized spacial score (nSPS) is 11.4. The molecule has 9 heteroatoms. The minimum absolute atomic E-state index is 0.263. The molecular formula is C18H15F3N4O2. The molecule has 0 fully saturated rings. The summed E-state index contributed by atoms with van der Waals surface area (Å²) < 4.78 is 39.9. The zero-order chi connectivity index (χ0) is 19.6. The topological polar surface area (TPSA) is 86.9 Å². The van der Waals surface area contributed by atoms with Crippen LogP contribution in [0.2, 0.25) is 0 Å². The first kappa shape index (κ1) is 18.4. The summed E-state index contributed by atoms with van der Waals surface area (Å²) in [6.45, 7) is 1.91. The fraction of sp³-hybridized carbons (Fsp3) is 0.167. The summed E-state index contributed by atoms with van der Waals surface area (Å²) in [7, 11) is 0. The molecule has 3 aromatic rings. The third kappa shape index (κ3) is 3.76. The van der Waals surface area contributed by atoms with Crippen molar-refractivity contribution in [1.82, 2.24) is 15.5 Å². The maximum absolute atomic E-state index is 13.3. The van der Waals surface area contributed by atoms with Crippen molar-refractivity contribution in [1.29, 1.82) is 0 Å². The molecule has 1 heterocycles. The zero-order valence-corrected chi connectivity index (χ0v) is 14.1. The molecule has 6 nitrogen and oxygen atoms in total. The average Bonchev–Trinajstić information content (AvgIpc) is 2.61.